The Morgan fingerprint density at radius 2 is 1.70 bits per heavy atom. The molecule has 0 aliphatic carbocycles. The number of hydrogen-bond donors (Lipinski definition) is 1. The first kappa shape index (κ1) is 25.4. The molecule has 0 atom stereocenters. The van der Waals surface area contributed by atoms with Crippen LogP contribution < -0.4 is 11.0 Å². The van der Waals surface area contributed by atoms with Crippen molar-refractivity contribution >= 4 is 39.1 Å². The van der Waals surface area contributed by atoms with Gasteiger partial charge >= 0.3 is 11.9 Å². The van der Waals surface area contributed by atoms with Crippen molar-refractivity contribution in [2.75, 3.05) is 5.32 Å². The number of nitrogens with zero attached hydrogens (tertiary/aromatic N) is 2. The summed E-state index contributed by atoms with van der Waals surface area (Å²) in [6.45, 7) is 6.04. The van der Waals surface area contributed by atoms with Crippen LogP contribution in [0.25, 0.3) is 11.0 Å². The second-order valence-electron chi connectivity index (χ2n) is 5.68. The number of aryl methyl sites for hydroxylation is 2. The molecule has 1 aromatic heterocycles. The Morgan fingerprint density at radius 1 is 1.13 bits per heavy atom. The molecule has 0 aliphatic heterocycles. The molecule has 0 saturated heterocycles. The molecule has 1 N–H and O–H groups in total. The normalized spacial score (nSPS) is 10.6. The Bertz CT molecular complexity index is 1040. The quantitative estimate of drug-likeness (QED) is 0.385. The molecule has 0 saturated carbocycles. The van der Waals surface area contributed by atoms with Crippen molar-refractivity contribution in [2.45, 2.75) is 33.5 Å². The molecule has 0 spiro atoms. The van der Waals surface area contributed by atoms with Crippen molar-refractivity contribution in [2.24, 2.45) is 7.05 Å². The summed E-state index contributed by atoms with van der Waals surface area (Å²) >= 11 is 3.09. The van der Waals surface area contributed by atoms with Crippen molar-refractivity contribution in [3.63, 3.8) is 0 Å². The second kappa shape index (κ2) is 11.0. The van der Waals surface area contributed by atoms with Crippen LogP contribution >= 0.6 is 15.9 Å². The van der Waals surface area contributed by atoms with E-state index in [0.717, 1.165) is 12.1 Å². The van der Waals surface area contributed by atoms with E-state index >= 15 is 0 Å². The number of nitrogens with one attached hydrogen (secondary N) is 1. The number of imidazole rings is 1. The highest BCUT2D eigenvalue weighted by atomic mass is 79.9. The Kier molecular flexibility index (Phi) is 9.28. The molecular formula is C20H22BrF4N3O2. The van der Waals surface area contributed by atoms with Gasteiger partial charge in [0.15, 0.2) is 0 Å². The van der Waals surface area contributed by atoms with Crippen LogP contribution in [0.4, 0.5) is 23.2 Å². The van der Waals surface area contributed by atoms with Crippen LogP contribution in [-0.4, -0.2) is 15.5 Å². The lowest BCUT2D eigenvalue weighted by Gasteiger charge is -2.08. The van der Waals surface area contributed by atoms with Crippen molar-refractivity contribution in [3.8, 4) is 0 Å². The number of benzene rings is 2. The van der Waals surface area contributed by atoms with Crippen LogP contribution in [0.5, 0.6) is 0 Å². The number of carbonyl (C=O) groups is 1. The first-order valence-corrected chi connectivity index (χ1v) is 9.81. The van der Waals surface area contributed by atoms with E-state index in [0.29, 0.717) is 24.2 Å². The number of carbonyl (C=O) groups excluding carboxylic acids is 1. The van der Waals surface area contributed by atoms with E-state index in [2.05, 4.69) is 21.2 Å². The summed E-state index contributed by atoms with van der Waals surface area (Å²) in [6.07, 6.45) is -3.88. The van der Waals surface area contributed by atoms with Gasteiger partial charge < -0.3 is 5.32 Å². The Hall–Kier alpha value is -2.62. The van der Waals surface area contributed by atoms with E-state index in [1.807, 2.05) is 13.8 Å². The predicted molar refractivity (Wildman–Crippen MR) is 113 cm³/mol. The van der Waals surface area contributed by atoms with Crippen LogP contribution in [0.2, 0.25) is 0 Å². The van der Waals surface area contributed by atoms with E-state index in [1.165, 1.54) is 40.4 Å². The van der Waals surface area contributed by atoms with E-state index in [1.54, 1.807) is 6.92 Å². The van der Waals surface area contributed by atoms with Gasteiger partial charge in [0.05, 0.1) is 16.6 Å². The number of alkyl halides is 3. The number of rotatable bonds is 3. The Labute approximate surface area is 179 Å². The molecule has 0 unspecified atom stereocenters. The minimum atomic E-state index is -4.43. The summed E-state index contributed by atoms with van der Waals surface area (Å²) in [5.41, 5.74) is 0.250. The average molecular weight is 492 g/mol. The SMILES string of the molecule is CC.CCn1c(=O)n(C)c2c(Br)cc(C(F)(F)F)cc21.O=CNc1ccc(F)cc1. The molecule has 0 bridgehead atoms. The highest BCUT2D eigenvalue weighted by Crippen LogP contribution is 2.34. The van der Waals surface area contributed by atoms with E-state index in [9.17, 15) is 27.2 Å². The van der Waals surface area contributed by atoms with Gasteiger partial charge in [-0.05, 0) is 59.3 Å². The second-order valence-corrected chi connectivity index (χ2v) is 6.53. The molecule has 10 heteroatoms. The zero-order valence-electron chi connectivity index (χ0n) is 16.8. The first-order chi connectivity index (χ1) is 14.1. The van der Waals surface area contributed by atoms with Gasteiger partial charge in [-0.2, -0.15) is 13.2 Å². The fraction of sp³-hybridized carbons (Fsp3) is 0.300. The number of amides is 1. The van der Waals surface area contributed by atoms with Crippen molar-refractivity contribution < 1.29 is 22.4 Å². The number of halogens is 5. The molecule has 1 heterocycles. The number of hydrogen-bond acceptors (Lipinski definition) is 2. The van der Waals surface area contributed by atoms with Gasteiger partial charge in [0.2, 0.25) is 6.41 Å². The topological polar surface area (TPSA) is 56.0 Å². The minimum Gasteiger partial charge on any atom is -0.329 e. The van der Waals surface area contributed by atoms with Gasteiger partial charge in [-0.25, -0.2) is 9.18 Å². The molecule has 30 heavy (non-hydrogen) atoms. The van der Waals surface area contributed by atoms with Gasteiger partial charge in [0.1, 0.15) is 5.82 Å². The molecule has 164 valence electrons. The van der Waals surface area contributed by atoms with Crippen LogP contribution in [-0.2, 0) is 24.6 Å². The Morgan fingerprint density at radius 3 is 2.17 bits per heavy atom. The van der Waals surface area contributed by atoms with E-state index < -0.39 is 11.7 Å². The largest absolute Gasteiger partial charge is 0.416 e. The lowest BCUT2D eigenvalue weighted by Crippen LogP contribution is -2.21. The molecule has 5 nitrogen and oxygen atoms in total. The third-order valence-corrected chi connectivity index (χ3v) is 4.51. The highest BCUT2D eigenvalue weighted by molar-refractivity contribution is 9.10. The lowest BCUT2D eigenvalue weighted by molar-refractivity contribution is -0.137. The number of anilines is 1. The standard InChI is InChI=1S/C11H10BrF3N2O.C7H6FNO.C2H6/c1-3-17-8-5-6(11(13,14)15)4-7(12)9(8)16(2)10(17)18;8-6-1-3-7(4-2-6)9-5-10;1-2/h4-5H,3H2,1-2H3;1-5H,(H,9,10);1-2H3. The van der Waals surface area contributed by atoms with Crippen LogP contribution in [0.3, 0.4) is 0 Å². The van der Waals surface area contributed by atoms with Crippen molar-refractivity contribution in [3.05, 3.63) is 62.7 Å². The first-order valence-electron chi connectivity index (χ1n) is 9.01. The van der Waals surface area contributed by atoms with Gasteiger partial charge in [-0.1, -0.05) is 13.8 Å². The van der Waals surface area contributed by atoms with Crippen molar-refractivity contribution in [1.82, 2.24) is 9.13 Å². The minimum absolute atomic E-state index is 0.263. The lowest BCUT2D eigenvalue weighted by atomic mass is 10.2. The smallest absolute Gasteiger partial charge is 0.329 e. The van der Waals surface area contributed by atoms with Gasteiger partial charge in [0.25, 0.3) is 0 Å². The zero-order chi connectivity index (χ0) is 23.1. The van der Waals surface area contributed by atoms with E-state index in [4.69, 9.17) is 0 Å². The fourth-order valence-corrected chi connectivity index (χ4v) is 3.30. The molecule has 3 rings (SSSR count). The molecular weight excluding hydrogens is 470 g/mol. The van der Waals surface area contributed by atoms with Gasteiger partial charge in [0, 0.05) is 23.8 Å². The van der Waals surface area contributed by atoms with Crippen LogP contribution in [0, 0.1) is 5.82 Å². The van der Waals surface area contributed by atoms with Gasteiger partial charge in [-0.3, -0.25) is 13.9 Å². The maximum atomic E-state index is 12.7. The molecule has 1 amide bonds. The summed E-state index contributed by atoms with van der Waals surface area (Å²) in [6, 6.07) is 7.54. The molecule has 0 aliphatic rings. The van der Waals surface area contributed by atoms with Crippen LogP contribution in [0.1, 0.15) is 26.3 Å². The fourth-order valence-electron chi connectivity index (χ4n) is 2.59. The third-order valence-electron chi connectivity index (χ3n) is 3.90. The monoisotopic (exact) mass is 491 g/mol. The number of aromatic nitrogens is 2. The maximum Gasteiger partial charge on any atom is 0.416 e. The molecule has 0 radical (unpaired) electrons. The Balaban J connectivity index is 0.000000318. The van der Waals surface area contributed by atoms with Crippen LogP contribution in [0.15, 0.2) is 45.7 Å². The zero-order valence-corrected chi connectivity index (χ0v) is 18.4. The average Bonchev–Trinajstić information content (AvgIpc) is 2.95. The summed E-state index contributed by atoms with van der Waals surface area (Å²) in [5.74, 6) is -0.309. The summed E-state index contributed by atoms with van der Waals surface area (Å²) in [5, 5.41) is 2.39. The third kappa shape index (κ3) is 5.94. The van der Waals surface area contributed by atoms with Crippen molar-refractivity contribution in [1.29, 1.82) is 0 Å². The summed E-state index contributed by atoms with van der Waals surface area (Å²) < 4.78 is 53.3. The molecule has 3 aromatic rings. The molecule has 0 fully saturated rings. The highest BCUT2D eigenvalue weighted by Gasteiger charge is 2.32. The maximum absolute atomic E-state index is 12.7. The van der Waals surface area contributed by atoms with E-state index in [-0.39, 0.29) is 21.5 Å². The predicted octanol–water partition coefficient (Wildman–Crippen LogP) is 5.56. The summed E-state index contributed by atoms with van der Waals surface area (Å²) in [4.78, 5) is 21.7. The number of fused-ring (bicyclic) bond motifs is 1. The van der Waals surface area contributed by atoms with Gasteiger partial charge in [-0.15, -0.1) is 0 Å². The molecule has 2 aromatic carbocycles. The summed E-state index contributed by atoms with van der Waals surface area (Å²) in [7, 11) is 1.54.